The van der Waals surface area contributed by atoms with E-state index in [0.29, 0.717) is 0 Å². The van der Waals surface area contributed by atoms with E-state index in [9.17, 15) is 0 Å². The molecule has 2 nitrogen and oxygen atoms in total. The van der Waals surface area contributed by atoms with E-state index in [1.807, 2.05) is 17.4 Å². The van der Waals surface area contributed by atoms with Crippen molar-refractivity contribution in [2.45, 2.75) is 0 Å². The van der Waals surface area contributed by atoms with Gasteiger partial charge in [-0.2, -0.15) is 0 Å². The lowest BCUT2D eigenvalue weighted by molar-refractivity contribution is 0.669. The van der Waals surface area contributed by atoms with Crippen LogP contribution in [0.25, 0.3) is 74.8 Å². The molecule has 0 amide bonds. The zero-order chi connectivity index (χ0) is 30.9. The molecule has 0 unspecified atom stereocenters. The lowest BCUT2D eigenvalue weighted by Crippen LogP contribution is -2.10. The van der Waals surface area contributed by atoms with E-state index >= 15 is 0 Å². The first kappa shape index (κ1) is 26.3. The number of anilines is 3. The van der Waals surface area contributed by atoms with Gasteiger partial charge in [0.1, 0.15) is 5.58 Å². The third kappa shape index (κ3) is 4.04. The Balaban J connectivity index is 1.27. The first-order valence-electron chi connectivity index (χ1n) is 15.9. The highest BCUT2D eigenvalue weighted by atomic mass is 32.1. The summed E-state index contributed by atoms with van der Waals surface area (Å²) in [7, 11) is 0. The minimum atomic E-state index is 0.890. The number of furan rings is 1. The van der Waals surface area contributed by atoms with Crippen molar-refractivity contribution < 1.29 is 4.42 Å². The van der Waals surface area contributed by atoms with Crippen molar-refractivity contribution in [1.82, 2.24) is 0 Å². The van der Waals surface area contributed by atoms with Crippen LogP contribution in [0.15, 0.2) is 168 Å². The Hall–Kier alpha value is -5.90. The topological polar surface area (TPSA) is 16.4 Å². The predicted molar refractivity (Wildman–Crippen MR) is 202 cm³/mol. The molecule has 47 heavy (non-hydrogen) atoms. The summed E-state index contributed by atoms with van der Waals surface area (Å²) in [5.74, 6) is 0. The summed E-state index contributed by atoms with van der Waals surface area (Å²) in [6.45, 7) is 0. The Bertz CT molecular complexity index is 2800. The molecule has 0 aliphatic carbocycles. The average Bonchev–Trinajstić information content (AvgIpc) is 3.72. The van der Waals surface area contributed by atoms with Gasteiger partial charge in [0.2, 0.25) is 0 Å². The number of para-hydroxylation sites is 1. The van der Waals surface area contributed by atoms with Crippen molar-refractivity contribution >= 4 is 92.1 Å². The van der Waals surface area contributed by atoms with Crippen LogP contribution in [-0.4, -0.2) is 0 Å². The normalized spacial score (nSPS) is 11.8. The standard InChI is InChI=1S/C44H27NOS/c1-3-14-32-28(11-1)13-9-18-33(32)29-23-25-31(26-24-29)45(38-20-10-19-36-35-16-6-8-22-41(35)47-44(36)38)39-27-30-12-2-4-15-34(30)42-37-17-5-7-21-40(37)46-43(39)42/h1-27H. The molecule has 0 radical (unpaired) electrons. The fourth-order valence-corrected chi connectivity index (χ4v) is 8.51. The molecule has 10 aromatic rings. The van der Waals surface area contributed by atoms with E-state index in [2.05, 4.69) is 163 Å². The fourth-order valence-electron chi connectivity index (χ4n) is 7.31. The molecule has 10 rings (SSSR count). The minimum Gasteiger partial charge on any atom is -0.454 e. The van der Waals surface area contributed by atoms with Crippen LogP contribution in [-0.2, 0) is 0 Å². The Morgan fingerprint density at radius 2 is 1.13 bits per heavy atom. The largest absolute Gasteiger partial charge is 0.454 e. The molecule has 0 fully saturated rings. The molecule has 0 saturated carbocycles. The summed E-state index contributed by atoms with van der Waals surface area (Å²) < 4.78 is 9.33. The molecule has 0 bridgehead atoms. The van der Waals surface area contributed by atoms with Crippen LogP contribution < -0.4 is 4.90 Å². The van der Waals surface area contributed by atoms with Gasteiger partial charge in [0.25, 0.3) is 0 Å². The number of hydrogen-bond acceptors (Lipinski definition) is 3. The molecule has 8 aromatic carbocycles. The maximum absolute atomic E-state index is 6.79. The molecule has 0 atom stereocenters. The molecule has 0 saturated heterocycles. The van der Waals surface area contributed by atoms with Gasteiger partial charge in [-0.3, -0.25) is 0 Å². The van der Waals surface area contributed by atoms with Crippen molar-refractivity contribution in [1.29, 1.82) is 0 Å². The quantitative estimate of drug-likeness (QED) is 0.195. The molecule has 0 spiro atoms. The number of thiophene rings is 1. The van der Waals surface area contributed by atoms with Crippen molar-refractivity contribution in [3.05, 3.63) is 164 Å². The Morgan fingerprint density at radius 3 is 2.00 bits per heavy atom. The number of hydrogen-bond donors (Lipinski definition) is 0. The van der Waals surface area contributed by atoms with Crippen LogP contribution in [0.4, 0.5) is 17.1 Å². The van der Waals surface area contributed by atoms with Crippen LogP contribution in [0.2, 0.25) is 0 Å². The first-order chi connectivity index (χ1) is 23.3. The second kappa shape index (κ2) is 10.3. The molecule has 3 heteroatoms. The molecule has 2 heterocycles. The average molecular weight is 618 g/mol. The highest BCUT2D eigenvalue weighted by Crippen LogP contribution is 2.49. The fraction of sp³-hybridized carbons (Fsp3) is 0. The molecule has 0 aliphatic heterocycles. The zero-order valence-electron chi connectivity index (χ0n) is 25.4. The van der Waals surface area contributed by atoms with E-state index in [4.69, 9.17) is 4.42 Å². The summed E-state index contributed by atoms with van der Waals surface area (Å²) in [5.41, 5.74) is 7.45. The molecule has 0 aliphatic rings. The van der Waals surface area contributed by atoms with E-state index in [-0.39, 0.29) is 0 Å². The van der Waals surface area contributed by atoms with Gasteiger partial charge >= 0.3 is 0 Å². The van der Waals surface area contributed by atoms with Crippen LogP contribution in [0.1, 0.15) is 0 Å². The monoisotopic (exact) mass is 617 g/mol. The van der Waals surface area contributed by atoms with Crippen LogP contribution in [0.5, 0.6) is 0 Å². The second-order valence-electron chi connectivity index (χ2n) is 12.1. The summed E-state index contributed by atoms with van der Waals surface area (Å²) in [4.78, 5) is 2.40. The van der Waals surface area contributed by atoms with Gasteiger partial charge in [-0.15, -0.1) is 11.3 Å². The van der Waals surface area contributed by atoms with Gasteiger partial charge < -0.3 is 9.32 Å². The van der Waals surface area contributed by atoms with Crippen molar-refractivity contribution in [3.8, 4) is 11.1 Å². The lowest BCUT2D eigenvalue weighted by Gasteiger charge is -2.27. The first-order valence-corrected chi connectivity index (χ1v) is 16.7. The van der Waals surface area contributed by atoms with Gasteiger partial charge in [-0.05, 0) is 69.1 Å². The second-order valence-corrected chi connectivity index (χ2v) is 13.1. The molecular weight excluding hydrogens is 591 g/mol. The molecular formula is C44H27NOS. The lowest BCUT2D eigenvalue weighted by atomic mass is 9.97. The number of benzene rings is 8. The smallest absolute Gasteiger partial charge is 0.160 e. The van der Waals surface area contributed by atoms with E-state index < -0.39 is 0 Å². The summed E-state index contributed by atoms with van der Waals surface area (Å²) in [5, 5.41) is 9.71. The van der Waals surface area contributed by atoms with E-state index in [0.717, 1.165) is 39.0 Å². The Labute approximate surface area is 275 Å². The number of nitrogens with zero attached hydrogens (tertiary/aromatic N) is 1. The van der Waals surface area contributed by atoms with Gasteiger partial charge in [0.05, 0.1) is 16.1 Å². The zero-order valence-corrected chi connectivity index (χ0v) is 26.2. The van der Waals surface area contributed by atoms with Crippen LogP contribution in [0.3, 0.4) is 0 Å². The number of fused-ring (bicyclic) bond motifs is 9. The Morgan fingerprint density at radius 1 is 0.468 bits per heavy atom. The maximum Gasteiger partial charge on any atom is 0.160 e. The van der Waals surface area contributed by atoms with Gasteiger partial charge in [0, 0.05) is 31.9 Å². The van der Waals surface area contributed by atoms with Crippen LogP contribution in [0, 0.1) is 0 Å². The third-order valence-corrected chi connectivity index (χ3v) is 10.7. The van der Waals surface area contributed by atoms with E-state index in [1.165, 1.54) is 52.8 Å². The summed E-state index contributed by atoms with van der Waals surface area (Å²) in [6.07, 6.45) is 0. The molecule has 220 valence electrons. The predicted octanol–water partition coefficient (Wildman–Crippen LogP) is 13.4. The highest BCUT2D eigenvalue weighted by molar-refractivity contribution is 7.26. The van der Waals surface area contributed by atoms with E-state index in [1.54, 1.807) is 0 Å². The van der Waals surface area contributed by atoms with Gasteiger partial charge in [0.15, 0.2) is 5.58 Å². The summed E-state index contributed by atoms with van der Waals surface area (Å²) >= 11 is 1.85. The highest BCUT2D eigenvalue weighted by Gasteiger charge is 2.24. The van der Waals surface area contributed by atoms with Gasteiger partial charge in [-0.25, -0.2) is 0 Å². The SMILES string of the molecule is c1ccc2c(-c3ccc(N(c4cc5ccccc5c5c4oc4ccccc45)c4cccc5c4sc4ccccc45)cc3)cccc2c1. The molecule has 2 aromatic heterocycles. The molecule has 0 N–H and O–H groups in total. The van der Waals surface area contributed by atoms with Crippen molar-refractivity contribution in [3.63, 3.8) is 0 Å². The minimum absolute atomic E-state index is 0.890. The van der Waals surface area contributed by atoms with Crippen LogP contribution >= 0.6 is 11.3 Å². The van der Waals surface area contributed by atoms with Crippen molar-refractivity contribution in [2.24, 2.45) is 0 Å². The maximum atomic E-state index is 6.79. The third-order valence-electron chi connectivity index (χ3n) is 9.44. The van der Waals surface area contributed by atoms with Crippen molar-refractivity contribution in [2.75, 3.05) is 4.90 Å². The Kier molecular flexibility index (Phi) is 5.78. The van der Waals surface area contributed by atoms with Gasteiger partial charge in [-0.1, -0.05) is 127 Å². The number of rotatable bonds is 4. The summed E-state index contributed by atoms with van der Waals surface area (Å²) in [6, 6.07) is 58.9.